The van der Waals surface area contributed by atoms with Crippen LogP contribution in [0.2, 0.25) is 0 Å². The molecule has 1 N–H and O–H groups in total. The number of carbonyl (C=O) groups excluding carboxylic acids is 1. The predicted molar refractivity (Wildman–Crippen MR) is 99.1 cm³/mol. The van der Waals surface area contributed by atoms with E-state index in [4.69, 9.17) is 0 Å². The maximum absolute atomic E-state index is 12.6. The molecule has 2 aromatic carbocycles. The van der Waals surface area contributed by atoms with Crippen molar-refractivity contribution < 1.29 is 4.79 Å². The Bertz CT molecular complexity index is 734. The van der Waals surface area contributed by atoms with Crippen molar-refractivity contribution in [3.8, 4) is 0 Å². The minimum Gasteiger partial charge on any atom is -0.340 e. The number of hydrogen-bond donors (Lipinski definition) is 1. The summed E-state index contributed by atoms with van der Waals surface area (Å²) in [5.74, 6) is -0.110. The molecular formula is C19H15IN2O. The highest BCUT2D eigenvalue weighted by atomic mass is 127. The zero-order valence-electron chi connectivity index (χ0n) is 12.3. The van der Waals surface area contributed by atoms with Gasteiger partial charge >= 0.3 is 0 Å². The Morgan fingerprint density at radius 1 is 0.913 bits per heavy atom. The Kier molecular flexibility index (Phi) is 5.02. The lowest BCUT2D eigenvalue weighted by molar-refractivity contribution is 0.0942. The zero-order valence-corrected chi connectivity index (χ0v) is 14.5. The number of benzene rings is 2. The molecule has 0 saturated heterocycles. The van der Waals surface area contributed by atoms with Crippen LogP contribution in [0.4, 0.5) is 0 Å². The lowest BCUT2D eigenvalue weighted by atomic mass is 10.0. The molecule has 1 amide bonds. The largest absolute Gasteiger partial charge is 0.340 e. The number of rotatable bonds is 4. The normalized spacial score (nSPS) is 11.7. The first kappa shape index (κ1) is 15.7. The highest BCUT2D eigenvalue weighted by Crippen LogP contribution is 2.20. The molecule has 0 fully saturated rings. The van der Waals surface area contributed by atoms with Crippen LogP contribution in [-0.4, -0.2) is 10.9 Å². The van der Waals surface area contributed by atoms with E-state index in [0.717, 1.165) is 14.8 Å². The first-order chi connectivity index (χ1) is 11.2. The molecule has 1 aromatic heterocycles. The molecule has 0 bridgehead atoms. The van der Waals surface area contributed by atoms with Crippen molar-refractivity contribution in [1.82, 2.24) is 10.3 Å². The van der Waals surface area contributed by atoms with Crippen LogP contribution in [0, 0.1) is 3.57 Å². The number of amides is 1. The van der Waals surface area contributed by atoms with Gasteiger partial charge in [-0.3, -0.25) is 9.78 Å². The lowest BCUT2D eigenvalue weighted by Crippen LogP contribution is -2.29. The molecule has 3 rings (SSSR count). The fraction of sp³-hybridized carbons (Fsp3) is 0.0526. The minimum atomic E-state index is -0.274. The summed E-state index contributed by atoms with van der Waals surface area (Å²) in [6, 6.07) is 22.8. The molecule has 0 aliphatic carbocycles. The average molecular weight is 414 g/mol. The van der Waals surface area contributed by atoms with Crippen LogP contribution < -0.4 is 5.32 Å². The summed E-state index contributed by atoms with van der Waals surface area (Å²) in [7, 11) is 0. The summed E-state index contributed by atoms with van der Waals surface area (Å²) in [5.41, 5.74) is 2.46. The lowest BCUT2D eigenvalue weighted by Gasteiger charge is -2.19. The SMILES string of the molecule is O=C(NC(c1ccccc1)c1ccccn1)c1ccc(I)cc1. The molecule has 114 valence electrons. The van der Waals surface area contributed by atoms with Crippen LogP contribution in [0.1, 0.15) is 27.7 Å². The third-order valence-electron chi connectivity index (χ3n) is 3.50. The topological polar surface area (TPSA) is 42.0 Å². The van der Waals surface area contributed by atoms with Crippen LogP contribution in [0.3, 0.4) is 0 Å². The Balaban J connectivity index is 1.90. The van der Waals surface area contributed by atoms with E-state index >= 15 is 0 Å². The van der Waals surface area contributed by atoms with Gasteiger partial charge in [-0.05, 0) is 64.6 Å². The molecule has 0 aliphatic heterocycles. The smallest absolute Gasteiger partial charge is 0.252 e. The average Bonchev–Trinajstić information content (AvgIpc) is 2.61. The number of carbonyl (C=O) groups is 1. The van der Waals surface area contributed by atoms with Crippen molar-refractivity contribution in [3.63, 3.8) is 0 Å². The second kappa shape index (κ2) is 7.37. The van der Waals surface area contributed by atoms with Crippen LogP contribution in [0.15, 0.2) is 79.0 Å². The van der Waals surface area contributed by atoms with E-state index < -0.39 is 0 Å². The number of aromatic nitrogens is 1. The number of nitrogens with one attached hydrogen (secondary N) is 1. The fourth-order valence-corrected chi connectivity index (χ4v) is 2.70. The van der Waals surface area contributed by atoms with E-state index in [2.05, 4.69) is 32.9 Å². The van der Waals surface area contributed by atoms with Crippen molar-refractivity contribution in [2.45, 2.75) is 6.04 Å². The third-order valence-corrected chi connectivity index (χ3v) is 4.22. The highest BCUT2D eigenvalue weighted by molar-refractivity contribution is 14.1. The molecule has 0 radical (unpaired) electrons. The Hall–Kier alpha value is -2.21. The van der Waals surface area contributed by atoms with Crippen LogP contribution in [0.5, 0.6) is 0 Å². The van der Waals surface area contributed by atoms with E-state index in [-0.39, 0.29) is 11.9 Å². The van der Waals surface area contributed by atoms with Gasteiger partial charge in [0.05, 0.1) is 11.7 Å². The molecule has 0 spiro atoms. The monoisotopic (exact) mass is 414 g/mol. The van der Waals surface area contributed by atoms with Gasteiger partial charge < -0.3 is 5.32 Å². The van der Waals surface area contributed by atoms with Gasteiger partial charge in [-0.1, -0.05) is 36.4 Å². The van der Waals surface area contributed by atoms with Gasteiger partial charge in [-0.2, -0.15) is 0 Å². The first-order valence-corrected chi connectivity index (χ1v) is 8.34. The van der Waals surface area contributed by atoms with Crippen molar-refractivity contribution in [3.05, 3.63) is 99.4 Å². The van der Waals surface area contributed by atoms with Crippen LogP contribution in [0.25, 0.3) is 0 Å². The van der Waals surface area contributed by atoms with E-state index in [9.17, 15) is 4.79 Å². The highest BCUT2D eigenvalue weighted by Gasteiger charge is 2.18. The van der Waals surface area contributed by atoms with E-state index in [1.807, 2.05) is 72.8 Å². The Morgan fingerprint density at radius 2 is 1.61 bits per heavy atom. The van der Waals surface area contributed by atoms with Gasteiger partial charge in [-0.15, -0.1) is 0 Å². The number of pyridine rings is 1. The quantitative estimate of drug-likeness (QED) is 0.651. The van der Waals surface area contributed by atoms with Gasteiger partial charge in [0.1, 0.15) is 0 Å². The van der Waals surface area contributed by atoms with Gasteiger partial charge in [0.15, 0.2) is 0 Å². The second-order valence-electron chi connectivity index (χ2n) is 5.08. The molecule has 23 heavy (non-hydrogen) atoms. The van der Waals surface area contributed by atoms with Gasteiger partial charge in [0.25, 0.3) is 5.91 Å². The molecule has 1 heterocycles. The summed E-state index contributed by atoms with van der Waals surface area (Å²) in [6.07, 6.45) is 1.74. The Labute approximate surface area is 148 Å². The summed E-state index contributed by atoms with van der Waals surface area (Å²) >= 11 is 2.22. The Morgan fingerprint density at radius 3 is 2.26 bits per heavy atom. The van der Waals surface area contributed by atoms with Crippen molar-refractivity contribution in [2.75, 3.05) is 0 Å². The molecule has 3 aromatic rings. The summed E-state index contributed by atoms with van der Waals surface area (Å²) in [5, 5.41) is 3.08. The van der Waals surface area contributed by atoms with Gasteiger partial charge in [0.2, 0.25) is 0 Å². The van der Waals surface area contributed by atoms with Crippen molar-refractivity contribution in [1.29, 1.82) is 0 Å². The standard InChI is InChI=1S/C19H15IN2O/c20-16-11-9-15(10-12-16)19(23)22-18(14-6-2-1-3-7-14)17-8-4-5-13-21-17/h1-13,18H,(H,22,23). The molecular weight excluding hydrogens is 399 g/mol. The third kappa shape index (κ3) is 3.96. The zero-order chi connectivity index (χ0) is 16.1. The predicted octanol–water partition coefficient (Wildman–Crippen LogP) is 4.21. The van der Waals surface area contributed by atoms with Crippen molar-refractivity contribution in [2.24, 2.45) is 0 Å². The number of nitrogens with zero attached hydrogens (tertiary/aromatic N) is 1. The summed E-state index contributed by atoms with van der Waals surface area (Å²) < 4.78 is 1.10. The van der Waals surface area contributed by atoms with Gasteiger partial charge in [-0.25, -0.2) is 0 Å². The molecule has 0 saturated carbocycles. The fourth-order valence-electron chi connectivity index (χ4n) is 2.34. The summed E-state index contributed by atoms with van der Waals surface area (Å²) in [6.45, 7) is 0. The molecule has 0 aliphatic rings. The van der Waals surface area contributed by atoms with Crippen LogP contribution >= 0.6 is 22.6 Å². The number of halogens is 1. The van der Waals surface area contributed by atoms with Crippen molar-refractivity contribution >= 4 is 28.5 Å². The number of hydrogen-bond acceptors (Lipinski definition) is 2. The molecule has 3 nitrogen and oxygen atoms in total. The maximum Gasteiger partial charge on any atom is 0.252 e. The second-order valence-corrected chi connectivity index (χ2v) is 6.32. The first-order valence-electron chi connectivity index (χ1n) is 7.26. The molecule has 1 unspecified atom stereocenters. The molecule has 1 atom stereocenters. The van der Waals surface area contributed by atoms with E-state index in [1.165, 1.54) is 0 Å². The summed E-state index contributed by atoms with van der Waals surface area (Å²) in [4.78, 5) is 17.0. The minimum absolute atomic E-state index is 0.110. The van der Waals surface area contributed by atoms with E-state index in [0.29, 0.717) is 5.56 Å². The maximum atomic E-state index is 12.6. The van der Waals surface area contributed by atoms with E-state index in [1.54, 1.807) is 6.20 Å². The van der Waals surface area contributed by atoms with Crippen LogP contribution in [-0.2, 0) is 0 Å². The molecule has 4 heteroatoms. The van der Waals surface area contributed by atoms with Gasteiger partial charge in [0, 0.05) is 15.3 Å².